The van der Waals surface area contributed by atoms with Gasteiger partial charge in [-0.2, -0.15) is 0 Å². The molecule has 0 radical (unpaired) electrons. The van der Waals surface area contributed by atoms with E-state index >= 15 is 0 Å². The fraction of sp³-hybridized carbons (Fsp3) is 0.727. The van der Waals surface area contributed by atoms with Crippen LogP contribution in [-0.4, -0.2) is 60.5 Å². The summed E-state index contributed by atoms with van der Waals surface area (Å²) in [6, 6.07) is 0. The molecule has 6 heteroatoms. The van der Waals surface area contributed by atoms with E-state index in [4.69, 9.17) is 11.2 Å². The van der Waals surface area contributed by atoms with E-state index in [-0.39, 0.29) is 0 Å². The average Bonchev–Trinajstić information content (AvgIpc) is 2.12. The summed E-state index contributed by atoms with van der Waals surface area (Å²) < 4.78 is 0. The maximum Gasteiger partial charge on any atom is 0.0910 e. The van der Waals surface area contributed by atoms with Gasteiger partial charge < -0.3 is 20.6 Å². The molecule has 17 heavy (non-hydrogen) atoms. The maximum atomic E-state index is 9.56. The second-order valence-corrected chi connectivity index (χ2v) is 5.01. The number of aliphatic hydroxyl groups is 1. The van der Waals surface area contributed by atoms with E-state index in [1.807, 2.05) is 19.0 Å². The van der Waals surface area contributed by atoms with Crippen LogP contribution in [0.5, 0.6) is 0 Å². The predicted octanol–water partition coefficient (Wildman–Crippen LogP) is 0.289. The van der Waals surface area contributed by atoms with E-state index in [0.29, 0.717) is 20.7 Å². The van der Waals surface area contributed by atoms with Gasteiger partial charge in [0.2, 0.25) is 0 Å². The van der Waals surface area contributed by atoms with Crippen molar-refractivity contribution in [2.45, 2.75) is 19.4 Å². The van der Waals surface area contributed by atoms with Gasteiger partial charge >= 0.3 is 0 Å². The summed E-state index contributed by atoms with van der Waals surface area (Å²) in [6.45, 7) is 9.57. The van der Waals surface area contributed by atoms with E-state index in [0.717, 1.165) is 13.1 Å². The molecule has 0 bridgehead atoms. The lowest BCUT2D eigenvalue weighted by Crippen LogP contribution is -2.40. The van der Waals surface area contributed by atoms with Crippen molar-refractivity contribution >= 4 is 14.7 Å². The van der Waals surface area contributed by atoms with Gasteiger partial charge in [0.25, 0.3) is 0 Å². The largest absolute Gasteiger partial charge is 0.389 e. The smallest absolute Gasteiger partial charge is 0.0910 e. The highest BCUT2D eigenvalue weighted by atomic mass is 31.1. The SMILES string of the molecule is C=C(N)N(C)CCN(C)CC(C)(C)O.C=PN. The molecule has 0 aromatic heterocycles. The first-order chi connectivity index (χ1) is 7.64. The highest BCUT2D eigenvalue weighted by Crippen LogP contribution is 2.02. The van der Waals surface area contributed by atoms with Crippen molar-refractivity contribution in [2.24, 2.45) is 11.2 Å². The highest BCUT2D eigenvalue weighted by molar-refractivity contribution is 7.33. The molecule has 0 aromatic carbocycles. The van der Waals surface area contributed by atoms with Crippen molar-refractivity contribution < 1.29 is 5.11 Å². The van der Waals surface area contributed by atoms with Gasteiger partial charge in [0.15, 0.2) is 0 Å². The summed E-state index contributed by atoms with van der Waals surface area (Å²) in [7, 11) is 4.55. The Balaban J connectivity index is 0. The quantitative estimate of drug-likeness (QED) is 0.600. The summed E-state index contributed by atoms with van der Waals surface area (Å²) in [5.74, 6) is 0.571. The first-order valence-corrected chi connectivity index (χ1v) is 6.51. The Morgan fingerprint density at radius 1 is 1.35 bits per heavy atom. The molecule has 5 nitrogen and oxygen atoms in total. The van der Waals surface area contributed by atoms with E-state index in [9.17, 15) is 5.11 Å². The molecule has 0 unspecified atom stereocenters. The zero-order valence-electron chi connectivity index (χ0n) is 11.5. The number of nitrogens with two attached hydrogens (primary N) is 2. The third-order valence-corrected chi connectivity index (χ3v) is 1.96. The molecule has 0 saturated heterocycles. The van der Waals surface area contributed by atoms with Crippen LogP contribution in [0.4, 0.5) is 0 Å². The second-order valence-electron chi connectivity index (χ2n) is 4.65. The van der Waals surface area contributed by atoms with Gasteiger partial charge in [-0.25, -0.2) is 0 Å². The fourth-order valence-corrected chi connectivity index (χ4v) is 1.20. The Kier molecular flexibility index (Phi) is 10.4. The van der Waals surface area contributed by atoms with Crippen LogP contribution in [0.3, 0.4) is 0 Å². The Labute approximate surface area is 107 Å². The molecule has 0 amide bonds. The first-order valence-electron chi connectivity index (χ1n) is 5.36. The maximum absolute atomic E-state index is 9.56. The molecule has 102 valence electrons. The van der Waals surface area contributed by atoms with Crippen LogP contribution in [0.2, 0.25) is 0 Å². The molecule has 0 fully saturated rings. The van der Waals surface area contributed by atoms with Gasteiger partial charge in [0, 0.05) is 26.7 Å². The van der Waals surface area contributed by atoms with E-state index in [1.54, 1.807) is 13.8 Å². The minimum Gasteiger partial charge on any atom is -0.389 e. The molecule has 0 atom stereocenters. The van der Waals surface area contributed by atoms with E-state index in [2.05, 4.69) is 17.8 Å². The average molecular weight is 262 g/mol. The molecule has 0 rings (SSSR count). The molecule has 0 aromatic rings. The van der Waals surface area contributed by atoms with E-state index < -0.39 is 5.60 Å². The van der Waals surface area contributed by atoms with Gasteiger partial charge in [-0.1, -0.05) is 12.9 Å². The van der Waals surface area contributed by atoms with Crippen LogP contribution in [0.15, 0.2) is 12.4 Å². The fourth-order valence-electron chi connectivity index (χ4n) is 1.20. The monoisotopic (exact) mass is 262 g/mol. The highest BCUT2D eigenvalue weighted by Gasteiger charge is 2.15. The second kappa shape index (κ2) is 9.42. The van der Waals surface area contributed by atoms with Gasteiger partial charge in [-0.05, 0) is 29.3 Å². The number of hydrogen-bond acceptors (Lipinski definition) is 5. The molecular weight excluding hydrogens is 235 g/mol. The van der Waals surface area contributed by atoms with Crippen molar-refractivity contribution in [1.82, 2.24) is 9.80 Å². The zero-order valence-corrected chi connectivity index (χ0v) is 12.4. The first kappa shape index (κ1) is 18.7. The lowest BCUT2D eigenvalue weighted by atomic mass is 10.1. The molecule has 0 aliphatic rings. The van der Waals surface area contributed by atoms with Crippen molar-refractivity contribution in [3.63, 3.8) is 0 Å². The minimum absolute atomic E-state index is 0.571. The minimum atomic E-state index is -0.646. The van der Waals surface area contributed by atoms with Gasteiger partial charge in [0.05, 0.1) is 11.4 Å². The van der Waals surface area contributed by atoms with Crippen molar-refractivity contribution in [3.8, 4) is 0 Å². The van der Waals surface area contributed by atoms with Crippen LogP contribution >= 0.6 is 8.35 Å². The number of likely N-dealkylation sites (N-methyl/N-ethyl adjacent to an activating group) is 2. The molecule has 0 aliphatic heterocycles. The topological polar surface area (TPSA) is 78.8 Å². The lowest BCUT2D eigenvalue weighted by molar-refractivity contribution is 0.0432. The predicted molar refractivity (Wildman–Crippen MR) is 78.0 cm³/mol. The van der Waals surface area contributed by atoms with Crippen LogP contribution in [0.1, 0.15) is 13.8 Å². The Morgan fingerprint density at radius 2 is 1.76 bits per heavy atom. The Hall–Kier alpha value is -0.610. The summed E-state index contributed by atoms with van der Waals surface area (Å²) in [6.07, 6.45) is 3.24. The molecular formula is C11H27N4OP. The van der Waals surface area contributed by atoms with Crippen LogP contribution < -0.4 is 11.2 Å². The van der Waals surface area contributed by atoms with Crippen LogP contribution in [-0.2, 0) is 0 Å². The summed E-state index contributed by atoms with van der Waals surface area (Å²) in [4.78, 5) is 3.96. The van der Waals surface area contributed by atoms with E-state index in [1.165, 1.54) is 0 Å². The third kappa shape index (κ3) is 15.4. The molecule has 0 heterocycles. The Morgan fingerprint density at radius 3 is 2.06 bits per heavy atom. The van der Waals surface area contributed by atoms with Crippen LogP contribution in [0, 0.1) is 0 Å². The van der Waals surface area contributed by atoms with Crippen molar-refractivity contribution in [3.05, 3.63) is 12.4 Å². The summed E-state index contributed by atoms with van der Waals surface area (Å²) in [5, 5.41) is 9.56. The van der Waals surface area contributed by atoms with Gasteiger partial charge in [0.1, 0.15) is 0 Å². The lowest BCUT2D eigenvalue weighted by Gasteiger charge is -2.27. The number of rotatable bonds is 6. The van der Waals surface area contributed by atoms with Crippen molar-refractivity contribution in [1.29, 1.82) is 0 Å². The number of hydrogen-bond donors (Lipinski definition) is 3. The third-order valence-electron chi connectivity index (χ3n) is 1.96. The summed E-state index contributed by atoms with van der Waals surface area (Å²) >= 11 is 0. The van der Waals surface area contributed by atoms with Gasteiger partial charge in [-0.3, -0.25) is 5.50 Å². The summed E-state index contributed by atoms with van der Waals surface area (Å²) in [5.41, 5.74) is 9.58. The Bertz CT molecular complexity index is 228. The van der Waals surface area contributed by atoms with Gasteiger partial charge in [-0.15, -0.1) is 0 Å². The molecule has 0 aliphatic carbocycles. The molecule has 5 N–H and O–H groups in total. The molecule has 0 saturated carbocycles. The standard InChI is InChI=1S/C10H23N3O.CH4NP/c1-9(11)13(5)7-6-12(4)8-10(2,3)14;1-3-2/h14H,1,6-8,11H2,2-5H3;1-2H2. The zero-order chi connectivity index (χ0) is 14.1. The number of nitrogens with zero attached hydrogens (tertiary/aromatic N) is 2. The van der Waals surface area contributed by atoms with Crippen LogP contribution in [0.25, 0.3) is 0 Å². The molecule has 0 spiro atoms. The normalized spacial score (nSPS) is 11.0. The van der Waals surface area contributed by atoms with Crippen molar-refractivity contribution in [2.75, 3.05) is 33.7 Å².